The first-order valence-corrected chi connectivity index (χ1v) is 15.4. The average Bonchev–Trinajstić information content (AvgIpc) is 3.24. The van der Waals surface area contributed by atoms with Crippen molar-refractivity contribution in [3.05, 3.63) is 71.4 Å². The molecule has 2 amide bonds. The van der Waals surface area contributed by atoms with Crippen LogP contribution in [0.15, 0.2) is 54.6 Å². The lowest BCUT2D eigenvalue weighted by Gasteiger charge is -2.57. The minimum atomic E-state index is -0.0380. The Balaban J connectivity index is 1.09. The van der Waals surface area contributed by atoms with Gasteiger partial charge in [0.25, 0.3) is 0 Å². The number of carbonyl (C=O) groups excluding carboxylic acids is 2. The van der Waals surface area contributed by atoms with E-state index in [2.05, 4.69) is 67.5 Å². The van der Waals surface area contributed by atoms with Gasteiger partial charge in [0.2, 0.25) is 11.8 Å². The van der Waals surface area contributed by atoms with E-state index in [4.69, 9.17) is 0 Å². The van der Waals surface area contributed by atoms with E-state index in [0.717, 1.165) is 48.1 Å². The van der Waals surface area contributed by atoms with Crippen LogP contribution in [0, 0.1) is 36.0 Å². The Hall–Kier alpha value is -3.08. The number of amides is 2. The standard InChI is InChI=1S/C35H43N3O2/c1-22-32(27-11-7-8-12-29(27)36-22)33-28(34(33,2)3)16-31(40)38(20-23-9-5-4-6-10-23)21-30(39)37-35-17-24-13-25(18-35)15-26(14-24)19-35/h4-12,24-26,28,33,36H,13-21H2,1-3H3,(H,37,39)/t24?,25?,26?,28-,33+,35?/m0/s1. The highest BCUT2D eigenvalue weighted by molar-refractivity contribution is 5.88. The Morgan fingerprint density at radius 3 is 2.23 bits per heavy atom. The lowest BCUT2D eigenvalue weighted by Crippen LogP contribution is -2.61. The third kappa shape index (κ3) is 4.55. The van der Waals surface area contributed by atoms with Crippen LogP contribution in [0.3, 0.4) is 0 Å². The van der Waals surface area contributed by atoms with Crippen LogP contribution >= 0.6 is 0 Å². The van der Waals surface area contributed by atoms with E-state index < -0.39 is 0 Å². The van der Waals surface area contributed by atoms with Crippen molar-refractivity contribution in [1.82, 2.24) is 15.2 Å². The van der Waals surface area contributed by atoms with Crippen molar-refractivity contribution < 1.29 is 9.59 Å². The van der Waals surface area contributed by atoms with E-state index in [1.54, 1.807) is 0 Å². The van der Waals surface area contributed by atoms with Crippen LogP contribution in [0.1, 0.15) is 81.5 Å². The summed E-state index contributed by atoms with van der Waals surface area (Å²) in [6.07, 6.45) is 7.89. The van der Waals surface area contributed by atoms with E-state index in [9.17, 15) is 9.59 Å². The van der Waals surface area contributed by atoms with Gasteiger partial charge in [-0.25, -0.2) is 0 Å². The molecule has 4 bridgehead atoms. The number of carbonyl (C=O) groups is 2. The quantitative estimate of drug-likeness (QED) is 0.335. The summed E-state index contributed by atoms with van der Waals surface area (Å²) in [5.74, 6) is 3.00. The largest absolute Gasteiger partial charge is 0.358 e. The van der Waals surface area contributed by atoms with E-state index in [1.165, 1.54) is 35.9 Å². The third-order valence-corrected chi connectivity index (χ3v) is 11.0. The molecule has 5 aliphatic rings. The van der Waals surface area contributed by atoms with Gasteiger partial charge < -0.3 is 15.2 Å². The normalized spacial score (nSPS) is 31.3. The fourth-order valence-electron chi connectivity index (χ4n) is 9.52. The zero-order chi connectivity index (χ0) is 27.6. The molecule has 0 radical (unpaired) electrons. The molecule has 0 aliphatic heterocycles. The molecule has 40 heavy (non-hydrogen) atoms. The molecule has 5 heteroatoms. The van der Waals surface area contributed by atoms with E-state index in [-0.39, 0.29) is 35.2 Å². The highest BCUT2D eigenvalue weighted by Crippen LogP contribution is 2.67. The van der Waals surface area contributed by atoms with Gasteiger partial charge in [0.05, 0.1) is 6.54 Å². The summed E-state index contributed by atoms with van der Waals surface area (Å²) in [6.45, 7) is 7.34. The molecule has 1 aromatic heterocycles. The maximum Gasteiger partial charge on any atom is 0.240 e. The Bertz CT molecular complexity index is 1400. The smallest absolute Gasteiger partial charge is 0.240 e. The number of rotatable bonds is 8. The van der Waals surface area contributed by atoms with Crippen LogP contribution in [-0.2, 0) is 16.1 Å². The summed E-state index contributed by atoms with van der Waals surface area (Å²) in [7, 11) is 0. The minimum Gasteiger partial charge on any atom is -0.358 e. The number of nitrogens with zero attached hydrogens (tertiary/aromatic N) is 1. The lowest BCUT2D eigenvalue weighted by molar-refractivity contribution is -0.139. The lowest BCUT2D eigenvalue weighted by atomic mass is 9.53. The molecule has 5 saturated carbocycles. The van der Waals surface area contributed by atoms with Crippen molar-refractivity contribution >= 4 is 22.7 Å². The van der Waals surface area contributed by atoms with Gasteiger partial charge in [-0.05, 0) is 97.6 Å². The van der Waals surface area contributed by atoms with Crippen molar-refractivity contribution in [2.75, 3.05) is 6.54 Å². The second-order valence-corrected chi connectivity index (χ2v) is 14.3. The predicted molar refractivity (Wildman–Crippen MR) is 159 cm³/mol. The number of benzene rings is 2. The van der Waals surface area contributed by atoms with Gasteiger partial charge in [0.15, 0.2) is 0 Å². The highest BCUT2D eigenvalue weighted by Gasteiger charge is 2.60. The van der Waals surface area contributed by atoms with Crippen molar-refractivity contribution in [2.24, 2.45) is 29.1 Å². The van der Waals surface area contributed by atoms with Gasteiger partial charge in [-0.1, -0.05) is 62.4 Å². The highest BCUT2D eigenvalue weighted by atomic mass is 16.2. The van der Waals surface area contributed by atoms with E-state index in [0.29, 0.717) is 18.9 Å². The molecule has 0 spiro atoms. The monoisotopic (exact) mass is 537 g/mol. The number of para-hydroxylation sites is 1. The van der Waals surface area contributed by atoms with Crippen molar-refractivity contribution in [3.63, 3.8) is 0 Å². The molecule has 5 aliphatic carbocycles. The number of hydrogen-bond acceptors (Lipinski definition) is 2. The first-order chi connectivity index (χ1) is 19.2. The first kappa shape index (κ1) is 25.9. The molecule has 5 nitrogen and oxygen atoms in total. The second kappa shape index (κ2) is 9.49. The van der Waals surface area contributed by atoms with Crippen molar-refractivity contribution in [2.45, 2.75) is 83.7 Å². The van der Waals surface area contributed by atoms with Crippen LogP contribution in [0.5, 0.6) is 0 Å². The molecule has 210 valence electrons. The minimum absolute atomic E-state index is 0.0188. The second-order valence-electron chi connectivity index (χ2n) is 14.3. The van der Waals surface area contributed by atoms with E-state index >= 15 is 0 Å². The van der Waals surface area contributed by atoms with Crippen LogP contribution < -0.4 is 5.32 Å². The summed E-state index contributed by atoms with van der Waals surface area (Å²) in [6, 6.07) is 18.6. The third-order valence-electron chi connectivity index (χ3n) is 11.0. The maximum atomic E-state index is 14.0. The summed E-state index contributed by atoms with van der Waals surface area (Å²) in [5.41, 5.74) is 4.78. The number of aromatic amines is 1. The maximum absolute atomic E-state index is 14.0. The Morgan fingerprint density at radius 1 is 0.925 bits per heavy atom. The summed E-state index contributed by atoms with van der Waals surface area (Å²) in [4.78, 5) is 33.0. The predicted octanol–water partition coefficient (Wildman–Crippen LogP) is 6.72. The molecule has 3 aromatic rings. The SMILES string of the molecule is Cc1[nH]c2ccccc2c1[C@H]1[C@H](CC(=O)N(CC(=O)NC23CC4CC(CC(C4)C2)C3)Cc2ccccc2)C1(C)C. The molecule has 2 atom stereocenters. The van der Waals surface area contributed by atoms with Gasteiger partial charge in [-0.2, -0.15) is 0 Å². The van der Waals surface area contributed by atoms with Gasteiger partial charge in [-0.3, -0.25) is 9.59 Å². The van der Waals surface area contributed by atoms with Gasteiger partial charge >= 0.3 is 0 Å². The Morgan fingerprint density at radius 2 is 1.55 bits per heavy atom. The number of fused-ring (bicyclic) bond motifs is 1. The molecule has 2 aromatic carbocycles. The summed E-state index contributed by atoms with van der Waals surface area (Å²) in [5, 5.41) is 4.77. The Kier molecular flexibility index (Phi) is 6.14. The fourth-order valence-corrected chi connectivity index (χ4v) is 9.52. The zero-order valence-corrected chi connectivity index (χ0v) is 24.2. The number of nitrogens with one attached hydrogen (secondary N) is 2. The van der Waals surface area contributed by atoms with Crippen LogP contribution in [0.25, 0.3) is 10.9 Å². The summed E-state index contributed by atoms with van der Waals surface area (Å²) >= 11 is 0. The molecule has 5 fully saturated rings. The molecule has 2 N–H and O–H groups in total. The van der Waals surface area contributed by atoms with Crippen LogP contribution in [-0.4, -0.2) is 33.8 Å². The number of hydrogen-bond donors (Lipinski definition) is 2. The summed E-state index contributed by atoms with van der Waals surface area (Å²) < 4.78 is 0. The molecule has 0 saturated heterocycles. The molecule has 1 heterocycles. The Labute approximate surface area is 238 Å². The van der Waals surface area contributed by atoms with Crippen molar-refractivity contribution in [1.29, 1.82) is 0 Å². The number of aryl methyl sites for hydroxylation is 1. The van der Waals surface area contributed by atoms with E-state index in [1.807, 2.05) is 23.1 Å². The topological polar surface area (TPSA) is 65.2 Å². The van der Waals surface area contributed by atoms with Crippen molar-refractivity contribution in [3.8, 4) is 0 Å². The van der Waals surface area contributed by atoms with Gasteiger partial charge in [-0.15, -0.1) is 0 Å². The van der Waals surface area contributed by atoms with Crippen LogP contribution in [0.2, 0.25) is 0 Å². The van der Waals surface area contributed by atoms with Crippen LogP contribution in [0.4, 0.5) is 0 Å². The molecular weight excluding hydrogens is 494 g/mol. The average molecular weight is 538 g/mol. The fraction of sp³-hybridized carbons (Fsp3) is 0.543. The molecular formula is C35H43N3O2. The molecule has 0 unspecified atom stereocenters. The van der Waals surface area contributed by atoms with Gasteiger partial charge in [0, 0.05) is 35.1 Å². The first-order valence-electron chi connectivity index (χ1n) is 15.4. The zero-order valence-electron chi connectivity index (χ0n) is 24.2. The number of H-pyrrole nitrogens is 1. The van der Waals surface area contributed by atoms with Gasteiger partial charge in [0.1, 0.15) is 0 Å². The molecule has 8 rings (SSSR count). The number of aromatic nitrogens is 1.